The molecule has 0 unspecified atom stereocenters. The van der Waals surface area contributed by atoms with Crippen LogP contribution in [0, 0.1) is 5.92 Å². The Kier molecular flexibility index (Phi) is 4.91. The number of alkyl halides is 3. The third-order valence-corrected chi connectivity index (χ3v) is 6.66. The van der Waals surface area contributed by atoms with Crippen molar-refractivity contribution in [3.05, 3.63) is 23.9 Å². The summed E-state index contributed by atoms with van der Waals surface area (Å²) in [7, 11) is 0. The van der Waals surface area contributed by atoms with Crippen molar-refractivity contribution in [3.63, 3.8) is 0 Å². The van der Waals surface area contributed by atoms with E-state index < -0.39 is 17.6 Å². The number of hydrogen-bond acceptors (Lipinski definition) is 7. The number of nitrogen functional groups attached to an aromatic ring is 1. The predicted octanol–water partition coefficient (Wildman–Crippen LogP) is 2.93. The van der Waals surface area contributed by atoms with Gasteiger partial charge >= 0.3 is 6.18 Å². The van der Waals surface area contributed by atoms with Crippen LogP contribution in [0.25, 0.3) is 11.3 Å². The summed E-state index contributed by atoms with van der Waals surface area (Å²) in [5.74, 6) is 1.47. The fourth-order valence-electron chi connectivity index (χ4n) is 4.79. The smallest absolute Gasteiger partial charge is 0.383 e. The van der Waals surface area contributed by atoms with Crippen molar-refractivity contribution >= 4 is 17.6 Å². The Morgan fingerprint density at radius 1 is 1.19 bits per heavy atom. The lowest BCUT2D eigenvalue weighted by Gasteiger charge is -2.35. The first kappa shape index (κ1) is 20.3. The topological polar surface area (TPSA) is 83.2 Å². The molecule has 31 heavy (non-hydrogen) atoms. The number of halogens is 3. The second-order valence-electron chi connectivity index (χ2n) is 8.71. The SMILES string of the molecule is CC[C@H]1CN(c2cc(-c3cnc(N)c(C(F)(F)F)c3)nc(N3CC4CC3C4)n2)CCN1. The number of nitrogens with one attached hydrogen (secondary N) is 1. The van der Waals surface area contributed by atoms with Gasteiger partial charge in [0.25, 0.3) is 0 Å². The van der Waals surface area contributed by atoms with Gasteiger partial charge in [-0.05, 0) is 31.2 Å². The van der Waals surface area contributed by atoms with Gasteiger partial charge in [-0.1, -0.05) is 6.92 Å². The van der Waals surface area contributed by atoms with Crippen LogP contribution in [-0.4, -0.2) is 53.2 Å². The van der Waals surface area contributed by atoms with Gasteiger partial charge in [0.1, 0.15) is 11.6 Å². The molecule has 3 aliphatic heterocycles. The molecule has 6 rings (SSSR count). The lowest BCUT2D eigenvalue weighted by molar-refractivity contribution is -0.137. The lowest BCUT2D eigenvalue weighted by atomic mass is 9.86. The third-order valence-electron chi connectivity index (χ3n) is 6.66. The largest absolute Gasteiger partial charge is 0.419 e. The quantitative estimate of drug-likeness (QED) is 0.767. The number of piperazine rings is 1. The summed E-state index contributed by atoms with van der Waals surface area (Å²) in [6, 6.07) is 3.59. The van der Waals surface area contributed by atoms with Crippen molar-refractivity contribution in [1.82, 2.24) is 20.3 Å². The van der Waals surface area contributed by atoms with Crippen LogP contribution in [-0.2, 0) is 6.18 Å². The standard InChI is InChI=1S/C21H26F3N7/c1-2-14-11-30(4-3-26-14)18-8-17(13-7-16(21(22,23)24)19(25)27-9-13)28-20(29-18)31-10-12-5-15(31)6-12/h7-9,12,14-15,26H,2-6,10-11H2,1H3,(H2,25,27)/t12?,14-,15?/m0/s1. The zero-order valence-electron chi connectivity index (χ0n) is 17.4. The van der Waals surface area contributed by atoms with Crippen molar-refractivity contribution in [1.29, 1.82) is 0 Å². The van der Waals surface area contributed by atoms with E-state index in [1.807, 2.05) is 0 Å². The van der Waals surface area contributed by atoms with Gasteiger partial charge in [-0.15, -0.1) is 0 Å². The first-order valence-electron chi connectivity index (χ1n) is 10.8. The molecule has 5 heterocycles. The van der Waals surface area contributed by atoms with Crippen LogP contribution in [0.15, 0.2) is 18.3 Å². The van der Waals surface area contributed by atoms with E-state index in [0.717, 1.165) is 57.3 Å². The molecule has 2 bridgehead atoms. The normalized spacial score (nSPS) is 25.6. The molecule has 7 nitrogen and oxygen atoms in total. The molecule has 2 aromatic rings. The Hall–Kier alpha value is -2.62. The molecule has 0 aromatic carbocycles. The first-order chi connectivity index (χ1) is 14.8. The zero-order valence-corrected chi connectivity index (χ0v) is 17.4. The molecule has 4 aliphatic rings. The molecular formula is C21H26F3N7. The van der Waals surface area contributed by atoms with Crippen LogP contribution in [0.2, 0.25) is 0 Å². The Balaban J connectivity index is 1.57. The van der Waals surface area contributed by atoms with Gasteiger partial charge in [0.2, 0.25) is 5.95 Å². The number of pyridine rings is 1. The average molecular weight is 433 g/mol. The van der Waals surface area contributed by atoms with E-state index >= 15 is 0 Å². The minimum absolute atomic E-state index is 0.292. The Morgan fingerprint density at radius 2 is 2.00 bits per heavy atom. The van der Waals surface area contributed by atoms with Gasteiger partial charge in [-0.25, -0.2) is 9.97 Å². The Bertz CT molecular complexity index is 974. The number of rotatable bonds is 4. The second kappa shape index (κ2) is 7.51. The van der Waals surface area contributed by atoms with Gasteiger partial charge < -0.3 is 20.9 Å². The fraction of sp³-hybridized carbons (Fsp3) is 0.571. The molecule has 2 aromatic heterocycles. The minimum Gasteiger partial charge on any atom is -0.383 e. The van der Waals surface area contributed by atoms with Crippen LogP contribution < -0.4 is 20.9 Å². The van der Waals surface area contributed by atoms with Crippen molar-refractivity contribution in [3.8, 4) is 11.3 Å². The van der Waals surface area contributed by atoms with Crippen LogP contribution >= 0.6 is 0 Å². The van der Waals surface area contributed by atoms with E-state index in [9.17, 15) is 13.2 Å². The summed E-state index contributed by atoms with van der Waals surface area (Å²) in [5, 5.41) is 3.48. The van der Waals surface area contributed by atoms with Crippen LogP contribution in [0.5, 0.6) is 0 Å². The lowest BCUT2D eigenvalue weighted by Crippen LogP contribution is -2.50. The number of nitrogens with two attached hydrogens (primary N) is 1. The molecule has 0 spiro atoms. The van der Waals surface area contributed by atoms with Gasteiger partial charge in [0, 0.05) is 56.1 Å². The third kappa shape index (κ3) is 3.77. The van der Waals surface area contributed by atoms with E-state index in [0.29, 0.717) is 35.2 Å². The number of nitrogens with zero attached hydrogens (tertiary/aromatic N) is 5. The van der Waals surface area contributed by atoms with E-state index in [2.05, 4.69) is 32.0 Å². The molecule has 3 saturated heterocycles. The zero-order chi connectivity index (χ0) is 21.8. The van der Waals surface area contributed by atoms with Gasteiger partial charge in [0.05, 0.1) is 11.3 Å². The molecule has 3 N–H and O–H groups in total. The summed E-state index contributed by atoms with van der Waals surface area (Å²) < 4.78 is 40.2. The van der Waals surface area contributed by atoms with Crippen molar-refractivity contribution in [2.45, 2.75) is 44.4 Å². The van der Waals surface area contributed by atoms with E-state index in [1.54, 1.807) is 6.07 Å². The van der Waals surface area contributed by atoms with Gasteiger partial charge in [-0.2, -0.15) is 18.2 Å². The predicted molar refractivity (Wildman–Crippen MR) is 113 cm³/mol. The van der Waals surface area contributed by atoms with E-state index in [4.69, 9.17) is 10.7 Å². The average Bonchev–Trinajstić information content (AvgIpc) is 3.34. The molecule has 4 fully saturated rings. The maximum absolute atomic E-state index is 13.4. The number of aromatic nitrogens is 3. The van der Waals surface area contributed by atoms with Gasteiger partial charge in [-0.3, -0.25) is 0 Å². The van der Waals surface area contributed by atoms with Gasteiger partial charge in [0.15, 0.2) is 0 Å². The summed E-state index contributed by atoms with van der Waals surface area (Å²) in [5.41, 5.74) is 5.29. The molecule has 0 amide bonds. The highest BCUT2D eigenvalue weighted by Gasteiger charge is 2.44. The maximum Gasteiger partial charge on any atom is 0.419 e. The highest BCUT2D eigenvalue weighted by molar-refractivity contribution is 5.67. The van der Waals surface area contributed by atoms with Crippen LogP contribution in [0.4, 0.5) is 30.8 Å². The summed E-state index contributed by atoms with van der Waals surface area (Å²) in [6.45, 7) is 5.45. The van der Waals surface area contributed by atoms with Crippen LogP contribution in [0.1, 0.15) is 31.7 Å². The van der Waals surface area contributed by atoms with Crippen molar-refractivity contribution in [2.24, 2.45) is 5.92 Å². The summed E-state index contributed by atoms with van der Waals surface area (Å²) in [4.78, 5) is 17.7. The molecule has 1 saturated carbocycles. The second-order valence-corrected chi connectivity index (χ2v) is 8.71. The highest BCUT2D eigenvalue weighted by atomic mass is 19.4. The number of fused-ring (bicyclic) bond motifs is 1. The molecule has 10 heteroatoms. The first-order valence-corrected chi connectivity index (χ1v) is 10.8. The van der Waals surface area contributed by atoms with E-state index in [-0.39, 0.29) is 0 Å². The highest BCUT2D eigenvalue weighted by Crippen LogP contribution is 2.43. The van der Waals surface area contributed by atoms with E-state index in [1.165, 1.54) is 6.20 Å². The van der Waals surface area contributed by atoms with Crippen molar-refractivity contribution in [2.75, 3.05) is 41.7 Å². The molecular weight excluding hydrogens is 407 g/mol. The Morgan fingerprint density at radius 3 is 2.68 bits per heavy atom. The maximum atomic E-state index is 13.4. The molecule has 1 aliphatic carbocycles. The number of hydrogen-bond donors (Lipinski definition) is 2. The molecule has 1 atom stereocenters. The Labute approximate surface area is 178 Å². The minimum atomic E-state index is -4.57. The summed E-state index contributed by atoms with van der Waals surface area (Å²) >= 11 is 0. The summed E-state index contributed by atoms with van der Waals surface area (Å²) in [6.07, 6.45) is 0.0477. The monoisotopic (exact) mass is 433 g/mol. The van der Waals surface area contributed by atoms with Crippen molar-refractivity contribution < 1.29 is 13.2 Å². The molecule has 166 valence electrons. The number of anilines is 3. The fourth-order valence-corrected chi connectivity index (χ4v) is 4.79. The molecule has 0 radical (unpaired) electrons. The van der Waals surface area contributed by atoms with Crippen LogP contribution in [0.3, 0.4) is 0 Å².